The van der Waals surface area contributed by atoms with Crippen LogP contribution in [0, 0.1) is 20.8 Å². The second kappa shape index (κ2) is 11.1. The summed E-state index contributed by atoms with van der Waals surface area (Å²) in [4.78, 5) is 0. The first-order valence-corrected chi connectivity index (χ1v) is 12.0. The number of phenolic OH excluding ortho intramolecular Hbond substituents is 1. The Morgan fingerprint density at radius 2 is 1.45 bits per heavy atom. The lowest BCUT2D eigenvalue weighted by Crippen LogP contribution is -2.37. The van der Waals surface area contributed by atoms with Crippen molar-refractivity contribution in [2.75, 3.05) is 0 Å². The van der Waals surface area contributed by atoms with Gasteiger partial charge in [-0.2, -0.15) is 0 Å². The summed E-state index contributed by atoms with van der Waals surface area (Å²) in [6.07, 6.45) is 15.8. The molecule has 0 aliphatic carbocycles. The Balaban J connectivity index is 1.88. The molecule has 1 heterocycles. The van der Waals surface area contributed by atoms with E-state index in [2.05, 4.69) is 59.8 Å². The van der Waals surface area contributed by atoms with E-state index in [1.807, 2.05) is 13.8 Å². The van der Waals surface area contributed by atoms with E-state index in [0.29, 0.717) is 5.75 Å². The number of phenols is 1. The lowest BCUT2D eigenvalue weighted by Gasteiger charge is -2.38. The number of ether oxygens (including phenoxy) is 1. The van der Waals surface area contributed by atoms with Crippen LogP contribution < -0.4 is 4.74 Å². The van der Waals surface area contributed by atoms with Crippen molar-refractivity contribution in [2.45, 2.75) is 112 Å². The van der Waals surface area contributed by atoms with Crippen molar-refractivity contribution in [2.24, 2.45) is 0 Å². The number of rotatable bonds is 9. The summed E-state index contributed by atoms with van der Waals surface area (Å²) in [6, 6.07) is 0. The van der Waals surface area contributed by atoms with Gasteiger partial charge >= 0.3 is 0 Å². The van der Waals surface area contributed by atoms with Crippen LogP contribution in [0.1, 0.15) is 102 Å². The van der Waals surface area contributed by atoms with E-state index in [0.717, 1.165) is 67.4 Å². The quantitative estimate of drug-likeness (QED) is 0.402. The molecule has 0 saturated heterocycles. The van der Waals surface area contributed by atoms with Gasteiger partial charge in [0, 0.05) is 5.56 Å². The van der Waals surface area contributed by atoms with Gasteiger partial charge in [0.1, 0.15) is 17.1 Å². The van der Waals surface area contributed by atoms with Crippen LogP contribution in [0.15, 0.2) is 34.9 Å². The third kappa shape index (κ3) is 7.02. The van der Waals surface area contributed by atoms with Gasteiger partial charge in [0.05, 0.1) is 0 Å². The van der Waals surface area contributed by atoms with Gasteiger partial charge in [-0.15, -0.1) is 0 Å². The first kappa shape index (κ1) is 25.3. The molecule has 1 aliphatic rings. The van der Waals surface area contributed by atoms with Crippen LogP contribution in [0.25, 0.3) is 0 Å². The molecule has 1 aromatic rings. The van der Waals surface area contributed by atoms with Gasteiger partial charge in [-0.05, 0) is 123 Å². The highest BCUT2D eigenvalue weighted by atomic mass is 16.5. The topological polar surface area (TPSA) is 29.5 Å². The van der Waals surface area contributed by atoms with Crippen LogP contribution >= 0.6 is 0 Å². The van der Waals surface area contributed by atoms with Gasteiger partial charge in [-0.25, -0.2) is 0 Å². The first-order valence-electron chi connectivity index (χ1n) is 12.0. The van der Waals surface area contributed by atoms with Crippen molar-refractivity contribution in [3.8, 4) is 11.5 Å². The third-order valence-electron chi connectivity index (χ3n) is 6.88. The molecule has 2 heteroatoms. The number of benzene rings is 1. The molecule has 0 unspecified atom stereocenters. The van der Waals surface area contributed by atoms with E-state index < -0.39 is 0 Å². The Kier molecular flexibility index (Phi) is 9.03. The second-order valence-corrected chi connectivity index (χ2v) is 10.1. The smallest absolute Gasteiger partial charge is 0.127 e. The molecule has 2 nitrogen and oxygen atoms in total. The summed E-state index contributed by atoms with van der Waals surface area (Å²) in [7, 11) is 0. The maximum Gasteiger partial charge on any atom is 0.127 e. The lowest BCUT2D eigenvalue weighted by atomic mass is 9.85. The summed E-state index contributed by atoms with van der Waals surface area (Å²) >= 11 is 0. The molecule has 31 heavy (non-hydrogen) atoms. The summed E-state index contributed by atoms with van der Waals surface area (Å²) in [5, 5.41) is 10.4. The minimum absolute atomic E-state index is 0.133. The van der Waals surface area contributed by atoms with Gasteiger partial charge in [0.25, 0.3) is 0 Å². The molecule has 0 saturated carbocycles. The lowest BCUT2D eigenvalue weighted by molar-refractivity contribution is 0.0558. The first-order chi connectivity index (χ1) is 14.5. The number of hydrogen-bond acceptors (Lipinski definition) is 2. The summed E-state index contributed by atoms with van der Waals surface area (Å²) < 4.78 is 6.56. The molecular weight excluding hydrogens is 380 g/mol. The van der Waals surface area contributed by atoms with Crippen molar-refractivity contribution in [1.82, 2.24) is 0 Å². The highest BCUT2D eigenvalue weighted by Crippen LogP contribution is 2.44. The molecule has 2 rings (SSSR count). The molecule has 1 aromatic carbocycles. The van der Waals surface area contributed by atoms with Gasteiger partial charge in [0.2, 0.25) is 0 Å². The highest BCUT2D eigenvalue weighted by Gasteiger charge is 2.33. The Morgan fingerprint density at radius 3 is 2.06 bits per heavy atom. The van der Waals surface area contributed by atoms with Gasteiger partial charge in [0.15, 0.2) is 0 Å². The van der Waals surface area contributed by atoms with Crippen LogP contribution in [-0.2, 0) is 6.42 Å². The van der Waals surface area contributed by atoms with E-state index in [-0.39, 0.29) is 5.60 Å². The van der Waals surface area contributed by atoms with Crippen molar-refractivity contribution in [3.05, 3.63) is 57.2 Å². The zero-order valence-electron chi connectivity index (χ0n) is 21.2. The monoisotopic (exact) mass is 424 g/mol. The molecular formula is C29H44O2. The summed E-state index contributed by atoms with van der Waals surface area (Å²) in [5.41, 5.74) is 8.45. The third-order valence-corrected chi connectivity index (χ3v) is 6.88. The Bertz CT molecular complexity index is 865. The Labute approximate surface area is 191 Å². The average Bonchev–Trinajstić information content (AvgIpc) is 2.70. The van der Waals surface area contributed by atoms with Crippen LogP contribution in [-0.4, -0.2) is 10.7 Å². The molecule has 0 fully saturated rings. The fourth-order valence-corrected chi connectivity index (χ4v) is 4.43. The summed E-state index contributed by atoms with van der Waals surface area (Å²) in [6.45, 7) is 17.1. The molecule has 1 N–H and O–H groups in total. The van der Waals surface area contributed by atoms with E-state index in [1.54, 1.807) is 0 Å². The van der Waals surface area contributed by atoms with Crippen LogP contribution in [0.2, 0.25) is 0 Å². The molecule has 1 aliphatic heterocycles. The van der Waals surface area contributed by atoms with Crippen molar-refractivity contribution >= 4 is 0 Å². The highest BCUT2D eigenvalue weighted by molar-refractivity contribution is 5.58. The summed E-state index contributed by atoms with van der Waals surface area (Å²) in [5.74, 6) is 1.44. The largest absolute Gasteiger partial charge is 0.507 e. The molecule has 172 valence electrons. The number of fused-ring (bicyclic) bond motifs is 1. The fourth-order valence-electron chi connectivity index (χ4n) is 4.43. The molecule has 0 bridgehead atoms. The zero-order valence-corrected chi connectivity index (χ0v) is 21.2. The standard InChI is InChI=1S/C29H44O2/c1-20(2)12-9-13-21(3)14-10-15-22(4)16-11-18-29(8)19-17-26-25(7)27(30)23(5)24(6)28(26)31-29/h12,14,16,30H,9-11,13,15,17-19H2,1-8H3/b21-14-,22-16+/t29-/m1/s1. The maximum atomic E-state index is 10.4. The zero-order chi connectivity index (χ0) is 23.2. The van der Waals surface area contributed by atoms with E-state index in [4.69, 9.17) is 4.74 Å². The number of allylic oxidation sites excluding steroid dienone is 6. The van der Waals surface area contributed by atoms with Gasteiger partial charge in [-0.3, -0.25) is 0 Å². The van der Waals surface area contributed by atoms with Crippen molar-refractivity contribution in [3.63, 3.8) is 0 Å². The Morgan fingerprint density at radius 1 is 0.871 bits per heavy atom. The predicted molar refractivity (Wildman–Crippen MR) is 134 cm³/mol. The minimum Gasteiger partial charge on any atom is -0.507 e. The van der Waals surface area contributed by atoms with Crippen molar-refractivity contribution in [1.29, 1.82) is 0 Å². The molecule has 1 atom stereocenters. The van der Waals surface area contributed by atoms with Gasteiger partial charge < -0.3 is 9.84 Å². The van der Waals surface area contributed by atoms with Crippen LogP contribution in [0.4, 0.5) is 0 Å². The number of aromatic hydroxyl groups is 1. The number of hydrogen-bond donors (Lipinski definition) is 1. The maximum absolute atomic E-state index is 10.4. The normalized spacial score (nSPS) is 19.1. The van der Waals surface area contributed by atoms with Crippen LogP contribution in [0.3, 0.4) is 0 Å². The van der Waals surface area contributed by atoms with E-state index in [9.17, 15) is 5.11 Å². The second-order valence-electron chi connectivity index (χ2n) is 10.1. The fraction of sp³-hybridized carbons (Fsp3) is 0.586. The SMILES string of the molecule is CC(C)=CCC/C(C)=C\CC/C(C)=C/CC[C@]1(C)CCc2c(C)c(O)c(C)c(C)c2O1. The Hall–Kier alpha value is -1.96. The van der Waals surface area contributed by atoms with Crippen molar-refractivity contribution < 1.29 is 9.84 Å². The predicted octanol–water partition coefficient (Wildman–Crippen LogP) is 8.60. The minimum atomic E-state index is -0.133. The molecule has 0 spiro atoms. The van der Waals surface area contributed by atoms with E-state index >= 15 is 0 Å². The van der Waals surface area contributed by atoms with Gasteiger partial charge in [-0.1, -0.05) is 34.9 Å². The molecule has 0 aromatic heterocycles. The average molecular weight is 425 g/mol. The van der Waals surface area contributed by atoms with Crippen LogP contribution in [0.5, 0.6) is 11.5 Å². The van der Waals surface area contributed by atoms with E-state index in [1.165, 1.54) is 28.7 Å². The molecule has 0 radical (unpaired) electrons. The molecule has 0 amide bonds.